The van der Waals surface area contributed by atoms with Gasteiger partial charge in [-0.25, -0.2) is 16.9 Å². The van der Waals surface area contributed by atoms with Gasteiger partial charge in [-0.05, 0) is 64.1 Å². The second kappa shape index (κ2) is 13.9. The summed E-state index contributed by atoms with van der Waals surface area (Å²) in [6.07, 6.45) is -1.83. The minimum absolute atomic E-state index is 0. The van der Waals surface area contributed by atoms with Crippen LogP contribution in [0.1, 0.15) is 23.6 Å². The zero-order chi connectivity index (χ0) is 27.9. The number of alkyl halides is 1. The van der Waals surface area contributed by atoms with Crippen molar-refractivity contribution in [2.75, 3.05) is 6.79 Å². The predicted molar refractivity (Wildman–Crippen MR) is 136 cm³/mol. The van der Waals surface area contributed by atoms with Gasteiger partial charge in [0.05, 0.1) is 14.7 Å². The van der Waals surface area contributed by atoms with Gasteiger partial charge < -0.3 is 0 Å². The maximum Gasteiger partial charge on any atom is 0.299 e. The highest BCUT2D eigenvalue weighted by atomic mass is 32.2. The maximum absolute atomic E-state index is 12.4. The molecule has 0 fully saturated rings. The summed E-state index contributed by atoms with van der Waals surface area (Å²) in [5, 5.41) is 0. The molecule has 3 aromatic carbocycles. The Labute approximate surface area is 221 Å². The second-order valence-corrected chi connectivity index (χ2v) is 12.6. The molecule has 0 amide bonds. The Morgan fingerprint density at radius 2 is 0.842 bits per heavy atom. The molecule has 0 aliphatic carbocycles. The highest BCUT2D eigenvalue weighted by Crippen LogP contribution is 2.17. The van der Waals surface area contributed by atoms with Crippen LogP contribution in [0.4, 0.5) is 9.09 Å². The van der Waals surface area contributed by atoms with Gasteiger partial charge in [0.1, 0.15) is 0 Å². The molecule has 0 spiro atoms. The number of hydrogen-bond acceptors (Lipinski definition) is 9. The van der Waals surface area contributed by atoms with Gasteiger partial charge >= 0.3 is 0 Å². The molecule has 38 heavy (non-hydrogen) atoms. The highest BCUT2D eigenvalue weighted by molar-refractivity contribution is 7.87. The lowest BCUT2D eigenvalue weighted by Crippen LogP contribution is -2.14. The van der Waals surface area contributed by atoms with Crippen LogP contribution in [0.15, 0.2) is 87.5 Å². The molecular formula is C24H28F2O9S3. The molecule has 0 aliphatic heterocycles. The topological polar surface area (TPSA) is 130 Å². The first kappa shape index (κ1) is 33.3. The molecule has 0 aromatic heterocycles. The standard InChI is InChI=1S/C15H16O6S2.C9H11FO3S.FH/c1-12-3-7-14(8-4-12)22(16,17)20-11-21-23(18,19)15-9-5-13(2)6-10-15;1-7-3-5-9(6-4-7)14(11,12)13-8(2)10;/h3-10H,11H2,1-2H3;3-6,8H,1-2H3;1H/i;;1-1. The number of rotatable bonds is 9. The van der Waals surface area contributed by atoms with Crippen LogP contribution in [0, 0.1) is 20.8 Å². The van der Waals surface area contributed by atoms with Crippen LogP contribution >= 0.6 is 0 Å². The molecule has 1 unspecified atom stereocenters. The van der Waals surface area contributed by atoms with Crippen LogP contribution in [0.2, 0.25) is 0 Å². The first-order valence-corrected chi connectivity index (χ1v) is 14.9. The summed E-state index contributed by atoms with van der Waals surface area (Å²) in [7, 11) is -12.1. The third kappa shape index (κ3) is 10.2. The van der Waals surface area contributed by atoms with E-state index in [-0.39, 0.29) is 19.4 Å². The Balaban J connectivity index is 0.000000415. The van der Waals surface area contributed by atoms with E-state index >= 15 is 0 Å². The molecular weight excluding hydrogens is 565 g/mol. The van der Waals surface area contributed by atoms with Crippen molar-refractivity contribution in [1.82, 2.24) is 0 Å². The molecule has 0 N–H and O–H groups in total. The molecule has 9 nitrogen and oxygen atoms in total. The van der Waals surface area contributed by atoms with Crippen molar-refractivity contribution in [3.63, 3.8) is 0 Å². The normalized spacial score (nSPS) is 12.6. The summed E-state index contributed by atoms with van der Waals surface area (Å²) in [5.41, 5.74) is 2.71. The lowest BCUT2D eigenvalue weighted by atomic mass is 10.2. The van der Waals surface area contributed by atoms with Crippen molar-refractivity contribution in [3.8, 4) is 0 Å². The van der Waals surface area contributed by atoms with Gasteiger partial charge in [-0.1, -0.05) is 53.1 Å². The molecule has 14 heteroatoms. The van der Waals surface area contributed by atoms with Gasteiger partial charge in [0.2, 0.25) is 6.36 Å². The monoisotopic (exact) mass is 593 g/mol. The van der Waals surface area contributed by atoms with Gasteiger partial charge in [-0.2, -0.15) is 25.3 Å². The van der Waals surface area contributed by atoms with Crippen LogP contribution in [0.5, 0.6) is 0 Å². The summed E-state index contributed by atoms with van der Waals surface area (Å²) >= 11 is 0. The van der Waals surface area contributed by atoms with Gasteiger partial charge in [0, 0.05) is 0 Å². The molecule has 3 rings (SSSR count). The van der Waals surface area contributed by atoms with E-state index in [0.29, 0.717) is 0 Å². The fraction of sp³-hybridized carbons (Fsp3) is 0.250. The van der Waals surface area contributed by atoms with E-state index in [4.69, 9.17) is 0 Å². The van der Waals surface area contributed by atoms with Crippen molar-refractivity contribution in [2.45, 2.75) is 48.7 Å². The quantitative estimate of drug-likeness (QED) is 0.259. The molecule has 0 heterocycles. The summed E-state index contributed by atoms with van der Waals surface area (Å²) < 4.78 is 96.0. The lowest BCUT2D eigenvalue weighted by Gasteiger charge is -2.07. The smallest absolute Gasteiger partial charge is 0.269 e. The van der Waals surface area contributed by atoms with Crippen LogP contribution in [-0.4, -0.2) is 38.4 Å². The minimum atomic E-state index is -4.08. The van der Waals surface area contributed by atoms with Crippen molar-refractivity contribution in [1.29, 1.82) is 0 Å². The molecule has 3 aromatic rings. The van der Waals surface area contributed by atoms with E-state index < -0.39 is 43.5 Å². The zero-order valence-corrected chi connectivity index (χ0v) is 23.3. The van der Waals surface area contributed by atoms with Crippen LogP contribution in [0.3, 0.4) is 0 Å². The third-order valence-corrected chi connectivity index (χ3v) is 8.47. The Morgan fingerprint density at radius 3 is 1.11 bits per heavy atom. The first-order valence-electron chi connectivity index (χ1n) is 10.7. The first-order chi connectivity index (χ1) is 17.1. The van der Waals surface area contributed by atoms with Crippen molar-refractivity contribution in [2.24, 2.45) is 0 Å². The van der Waals surface area contributed by atoms with Crippen molar-refractivity contribution >= 4 is 30.4 Å². The molecule has 1 atom stereocenters. The largest absolute Gasteiger partial charge is 0.299 e. The average molecular weight is 594 g/mol. The Bertz CT molecular complexity index is 1410. The summed E-state index contributed by atoms with van der Waals surface area (Å²) in [5.74, 6) is 0. The van der Waals surface area contributed by atoms with Crippen LogP contribution in [0.25, 0.3) is 0 Å². The van der Waals surface area contributed by atoms with E-state index in [9.17, 15) is 29.6 Å². The van der Waals surface area contributed by atoms with Gasteiger partial charge in [-0.3, -0.25) is 4.70 Å². The van der Waals surface area contributed by atoms with E-state index in [0.717, 1.165) is 23.6 Å². The molecule has 0 bridgehead atoms. The lowest BCUT2D eigenvalue weighted by molar-refractivity contribution is 0.0933. The third-order valence-electron chi connectivity index (χ3n) is 4.59. The SMILES string of the molecule is Cc1ccc(S(=O)(=O)OC(C)F)cc1.Cc1ccc(S(=O)(=O)OCOS(=O)(=O)c2ccc(C)cc2)cc1.[18FH]. The van der Waals surface area contributed by atoms with E-state index in [2.05, 4.69) is 12.5 Å². The Kier molecular flexibility index (Phi) is 12.1. The van der Waals surface area contributed by atoms with E-state index in [1.807, 2.05) is 20.8 Å². The molecule has 210 valence electrons. The molecule has 0 radical (unpaired) electrons. The molecule has 0 saturated carbocycles. The van der Waals surface area contributed by atoms with Crippen LogP contribution in [-0.2, 0) is 42.9 Å². The fourth-order valence-electron chi connectivity index (χ4n) is 2.63. The van der Waals surface area contributed by atoms with Crippen molar-refractivity contribution in [3.05, 3.63) is 89.5 Å². The summed E-state index contributed by atoms with van der Waals surface area (Å²) in [6.45, 7) is 5.55. The van der Waals surface area contributed by atoms with Crippen molar-refractivity contribution < 1.29 is 46.9 Å². The van der Waals surface area contributed by atoms with Gasteiger partial charge in [0.25, 0.3) is 30.4 Å². The Hall–Kier alpha value is -2.75. The van der Waals surface area contributed by atoms with E-state index in [1.165, 1.54) is 36.4 Å². The molecule has 0 saturated heterocycles. The van der Waals surface area contributed by atoms with Gasteiger partial charge in [-0.15, -0.1) is 0 Å². The number of benzene rings is 3. The second-order valence-electron chi connectivity index (χ2n) is 7.79. The fourth-order valence-corrected chi connectivity index (χ4v) is 5.18. The van der Waals surface area contributed by atoms with Gasteiger partial charge in [0.15, 0.2) is 6.79 Å². The highest BCUT2D eigenvalue weighted by Gasteiger charge is 2.20. The Morgan fingerprint density at radius 1 is 0.579 bits per heavy atom. The van der Waals surface area contributed by atoms with E-state index in [1.54, 1.807) is 36.4 Å². The van der Waals surface area contributed by atoms with Crippen LogP contribution < -0.4 is 0 Å². The number of halogens is 2. The minimum Gasteiger partial charge on any atom is -0.269 e. The maximum atomic E-state index is 12.4. The summed E-state index contributed by atoms with van der Waals surface area (Å²) in [6, 6.07) is 18.0. The number of aryl methyl sites for hydroxylation is 3. The summed E-state index contributed by atoms with van der Waals surface area (Å²) in [4.78, 5) is -0.175. The molecule has 0 aliphatic rings. The predicted octanol–water partition coefficient (Wildman–Crippen LogP) is 4.54. The number of hydrogen-bond donors (Lipinski definition) is 0. The average Bonchev–Trinajstić information content (AvgIpc) is 2.79. The zero-order valence-electron chi connectivity index (χ0n) is 20.9.